The highest BCUT2D eigenvalue weighted by molar-refractivity contribution is 9.10. The molecule has 100 valence electrons. The van der Waals surface area contributed by atoms with Crippen LogP contribution in [0, 0.1) is 0 Å². The number of fused-ring (bicyclic) bond motifs is 1. The van der Waals surface area contributed by atoms with Crippen LogP contribution in [0.3, 0.4) is 0 Å². The summed E-state index contributed by atoms with van der Waals surface area (Å²) in [5.74, 6) is 0.829. The Morgan fingerprint density at radius 3 is 2.67 bits per heavy atom. The Morgan fingerprint density at radius 2 is 2.06 bits per heavy atom. The third-order valence-electron chi connectivity index (χ3n) is 3.16. The Morgan fingerprint density at radius 1 is 1.39 bits per heavy atom. The lowest BCUT2D eigenvalue weighted by Crippen LogP contribution is -2.21. The molecule has 0 N–H and O–H groups in total. The van der Waals surface area contributed by atoms with Gasteiger partial charge in [-0.25, -0.2) is 8.42 Å². The highest BCUT2D eigenvalue weighted by Gasteiger charge is 2.30. The van der Waals surface area contributed by atoms with Crippen molar-refractivity contribution in [2.75, 3.05) is 12.9 Å². The van der Waals surface area contributed by atoms with Gasteiger partial charge in [-0.1, -0.05) is 31.9 Å². The van der Waals surface area contributed by atoms with Gasteiger partial charge >= 0.3 is 0 Å². The summed E-state index contributed by atoms with van der Waals surface area (Å²) in [5.41, 5.74) is 2.03. The van der Waals surface area contributed by atoms with Gasteiger partial charge in [0.1, 0.15) is 5.75 Å². The summed E-state index contributed by atoms with van der Waals surface area (Å²) < 4.78 is 29.9. The van der Waals surface area contributed by atoms with E-state index in [9.17, 15) is 8.42 Å². The van der Waals surface area contributed by atoms with Crippen LogP contribution in [0.5, 0.6) is 5.75 Å². The lowest BCUT2D eigenvalue weighted by Gasteiger charge is -2.19. The first kappa shape index (κ1) is 14.3. The first-order valence-electron chi connectivity index (χ1n) is 5.58. The van der Waals surface area contributed by atoms with Gasteiger partial charge < -0.3 is 4.74 Å². The van der Waals surface area contributed by atoms with Crippen LogP contribution in [0.1, 0.15) is 22.9 Å². The molecule has 1 aliphatic heterocycles. The number of rotatable bonds is 3. The van der Waals surface area contributed by atoms with Gasteiger partial charge in [0.2, 0.25) is 0 Å². The number of halogens is 2. The van der Waals surface area contributed by atoms with E-state index < -0.39 is 15.1 Å². The zero-order valence-electron chi connectivity index (χ0n) is 10.1. The molecular weight excluding hydrogens is 384 g/mol. The third-order valence-corrected chi connectivity index (χ3v) is 6.88. The van der Waals surface area contributed by atoms with Crippen molar-refractivity contribution in [3.05, 3.63) is 27.7 Å². The van der Waals surface area contributed by atoms with Crippen LogP contribution in [-0.4, -0.2) is 26.5 Å². The van der Waals surface area contributed by atoms with E-state index in [1.54, 1.807) is 6.92 Å². The zero-order chi connectivity index (χ0) is 13.5. The predicted octanol–water partition coefficient (Wildman–Crippen LogP) is 3.25. The maximum absolute atomic E-state index is 11.6. The molecule has 1 aromatic carbocycles. The average Bonchev–Trinajstić information content (AvgIpc) is 2.72. The Labute approximate surface area is 124 Å². The molecule has 0 bridgehead atoms. The summed E-state index contributed by atoms with van der Waals surface area (Å²) in [6, 6.07) is 3.95. The molecule has 1 aliphatic rings. The molecular formula is C12H14Br2O3S. The second-order valence-corrected chi connectivity index (χ2v) is 8.82. The molecule has 0 radical (unpaired) electrons. The van der Waals surface area contributed by atoms with Crippen molar-refractivity contribution in [3.8, 4) is 5.75 Å². The first-order valence-corrected chi connectivity index (χ1v) is 9.25. The van der Waals surface area contributed by atoms with Crippen molar-refractivity contribution in [1.82, 2.24) is 0 Å². The molecule has 0 fully saturated rings. The van der Waals surface area contributed by atoms with Crippen LogP contribution in [-0.2, 0) is 16.3 Å². The van der Waals surface area contributed by atoms with Crippen LogP contribution < -0.4 is 4.74 Å². The third kappa shape index (κ3) is 2.75. The van der Waals surface area contributed by atoms with Crippen LogP contribution in [0.15, 0.2) is 16.6 Å². The van der Waals surface area contributed by atoms with Gasteiger partial charge in [-0.3, -0.25) is 0 Å². The number of ether oxygens (including phenoxy) is 1. The maximum Gasteiger partial charge on any atom is 0.151 e. The molecule has 0 saturated carbocycles. The van der Waals surface area contributed by atoms with E-state index in [1.165, 1.54) is 6.26 Å². The van der Waals surface area contributed by atoms with Gasteiger partial charge in [0.25, 0.3) is 0 Å². The van der Waals surface area contributed by atoms with Crippen LogP contribution in [0.2, 0.25) is 0 Å². The molecule has 1 aromatic rings. The summed E-state index contributed by atoms with van der Waals surface area (Å²) in [6.07, 6.45) is 2.12. The Hall–Kier alpha value is -0.0700. The van der Waals surface area contributed by atoms with E-state index in [1.807, 2.05) is 12.1 Å². The van der Waals surface area contributed by atoms with E-state index in [0.717, 1.165) is 27.8 Å². The Balaban J connectivity index is 2.46. The zero-order valence-corrected chi connectivity index (χ0v) is 14.1. The van der Waals surface area contributed by atoms with Gasteiger partial charge in [0.15, 0.2) is 9.84 Å². The number of benzene rings is 1. The van der Waals surface area contributed by atoms with E-state index >= 15 is 0 Å². The van der Waals surface area contributed by atoms with E-state index in [-0.39, 0.29) is 4.83 Å². The molecule has 0 amide bonds. The van der Waals surface area contributed by atoms with Crippen LogP contribution in [0.25, 0.3) is 0 Å². The van der Waals surface area contributed by atoms with Crippen LogP contribution in [0.4, 0.5) is 0 Å². The normalized spacial score (nSPS) is 18.0. The van der Waals surface area contributed by atoms with Gasteiger partial charge in [0, 0.05) is 22.7 Å². The second-order valence-electron chi connectivity index (χ2n) is 4.52. The summed E-state index contributed by atoms with van der Waals surface area (Å²) in [6.45, 7) is 2.36. The quantitative estimate of drug-likeness (QED) is 0.735. The predicted molar refractivity (Wildman–Crippen MR) is 79.3 cm³/mol. The monoisotopic (exact) mass is 396 g/mol. The highest BCUT2D eigenvalue weighted by atomic mass is 79.9. The lowest BCUT2D eigenvalue weighted by atomic mass is 10.0. The van der Waals surface area contributed by atoms with Gasteiger partial charge in [-0.15, -0.1) is 0 Å². The summed E-state index contributed by atoms with van der Waals surface area (Å²) in [4.78, 5) is -0.267. The summed E-state index contributed by atoms with van der Waals surface area (Å²) in [5, 5.41) is -0.500. The molecule has 2 atom stereocenters. The fourth-order valence-electron chi connectivity index (χ4n) is 1.97. The van der Waals surface area contributed by atoms with Gasteiger partial charge in [-0.05, 0) is 24.6 Å². The fourth-order valence-corrected chi connectivity index (χ4v) is 4.59. The Bertz CT molecular complexity index is 569. The number of alkyl halides is 1. The minimum absolute atomic E-state index is 0.267. The van der Waals surface area contributed by atoms with Crippen LogP contribution >= 0.6 is 31.9 Å². The molecule has 0 saturated heterocycles. The van der Waals surface area contributed by atoms with E-state index in [2.05, 4.69) is 31.9 Å². The number of hydrogen-bond acceptors (Lipinski definition) is 3. The number of sulfone groups is 1. The first-order chi connectivity index (χ1) is 8.30. The van der Waals surface area contributed by atoms with Crippen molar-refractivity contribution in [2.45, 2.75) is 23.4 Å². The second kappa shape index (κ2) is 5.13. The molecule has 1 heterocycles. The fraction of sp³-hybridized carbons (Fsp3) is 0.500. The SMILES string of the molecule is CC(C(Br)c1cc(Br)cc2c1OCC2)S(C)(=O)=O. The largest absolute Gasteiger partial charge is 0.493 e. The number of hydrogen-bond donors (Lipinski definition) is 0. The van der Waals surface area contributed by atoms with Crippen molar-refractivity contribution in [3.63, 3.8) is 0 Å². The lowest BCUT2D eigenvalue weighted by molar-refractivity contribution is 0.353. The highest BCUT2D eigenvalue weighted by Crippen LogP contribution is 2.42. The minimum atomic E-state index is -3.10. The standard InChI is InChI=1S/C12H14Br2O3S/c1-7(18(2,15)16)11(14)10-6-9(13)5-8-3-4-17-12(8)10/h5-7,11H,3-4H2,1-2H3. The maximum atomic E-state index is 11.6. The van der Waals surface area contributed by atoms with Gasteiger partial charge in [0.05, 0.1) is 16.7 Å². The van der Waals surface area contributed by atoms with Gasteiger partial charge in [-0.2, -0.15) is 0 Å². The van der Waals surface area contributed by atoms with Crippen molar-refractivity contribution in [2.24, 2.45) is 0 Å². The van der Waals surface area contributed by atoms with Crippen molar-refractivity contribution >= 4 is 41.7 Å². The minimum Gasteiger partial charge on any atom is -0.493 e. The van der Waals surface area contributed by atoms with E-state index in [0.29, 0.717) is 6.61 Å². The topological polar surface area (TPSA) is 43.4 Å². The van der Waals surface area contributed by atoms with E-state index in [4.69, 9.17) is 4.74 Å². The molecule has 0 spiro atoms. The summed E-state index contributed by atoms with van der Waals surface area (Å²) in [7, 11) is -3.10. The summed E-state index contributed by atoms with van der Waals surface area (Å²) >= 11 is 6.95. The molecule has 0 aliphatic carbocycles. The smallest absolute Gasteiger partial charge is 0.151 e. The average molecular weight is 398 g/mol. The molecule has 18 heavy (non-hydrogen) atoms. The molecule has 3 nitrogen and oxygen atoms in total. The molecule has 2 unspecified atom stereocenters. The molecule has 6 heteroatoms. The molecule has 2 rings (SSSR count). The molecule has 0 aromatic heterocycles. The Kier molecular flexibility index (Phi) is 4.09. The van der Waals surface area contributed by atoms with Crippen molar-refractivity contribution in [1.29, 1.82) is 0 Å². The van der Waals surface area contributed by atoms with Crippen molar-refractivity contribution < 1.29 is 13.2 Å².